The van der Waals surface area contributed by atoms with E-state index in [0.29, 0.717) is 19.3 Å². The van der Waals surface area contributed by atoms with E-state index in [9.17, 15) is 18.5 Å². The predicted molar refractivity (Wildman–Crippen MR) is 51.1 cm³/mol. The fraction of sp³-hybridized carbons (Fsp3) is 1.00. The number of nitrogens with zero attached hydrogens (tertiary/aromatic N) is 1. The number of hydrogen-bond donors (Lipinski definition) is 0. The largest absolute Gasteiger partial charge is 0.270 e. The molecule has 0 aliphatic rings. The quantitative estimate of drug-likeness (QED) is 0.277. The zero-order valence-corrected chi connectivity index (χ0v) is 9.12. The first-order chi connectivity index (χ1) is 6.37. The standard InChI is InChI=1S/C7H15NO5S/c1-3-7(8(9)10)5-4-6-13-14(2,11)12/h7H,3-6H2,1-2H3. The zero-order valence-electron chi connectivity index (χ0n) is 8.30. The van der Waals surface area contributed by atoms with Gasteiger partial charge in [0, 0.05) is 17.8 Å². The van der Waals surface area contributed by atoms with Crippen LogP contribution in [0.15, 0.2) is 0 Å². The molecule has 1 atom stereocenters. The molecule has 0 aromatic carbocycles. The molecule has 0 radical (unpaired) electrons. The molecule has 0 amide bonds. The summed E-state index contributed by atoms with van der Waals surface area (Å²) >= 11 is 0. The Labute approximate surface area is 83.5 Å². The summed E-state index contributed by atoms with van der Waals surface area (Å²) in [5, 5.41) is 10.4. The first-order valence-electron chi connectivity index (χ1n) is 4.34. The van der Waals surface area contributed by atoms with Crippen molar-refractivity contribution in [3.63, 3.8) is 0 Å². The topological polar surface area (TPSA) is 86.5 Å². The molecule has 0 fully saturated rings. The molecule has 0 saturated heterocycles. The van der Waals surface area contributed by atoms with Crippen molar-refractivity contribution in [1.82, 2.24) is 0 Å². The fourth-order valence-corrected chi connectivity index (χ4v) is 1.41. The Morgan fingerprint density at radius 1 is 1.50 bits per heavy atom. The molecule has 0 aliphatic carbocycles. The van der Waals surface area contributed by atoms with Crippen LogP contribution in [0.25, 0.3) is 0 Å². The van der Waals surface area contributed by atoms with Gasteiger partial charge in [0.25, 0.3) is 10.1 Å². The van der Waals surface area contributed by atoms with Crippen molar-refractivity contribution in [3.05, 3.63) is 10.1 Å². The third-order valence-corrected chi connectivity index (χ3v) is 2.34. The van der Waals surface area contributed by atoms with Gasteiger partial charge in [0.1, 0.15) is 0 Å². The second kappa shape index (κ2) is 5.92. The van der Waals surface area contributed by atoms with Crippen LogP contribution >= 0.6 is 0 Å². The van der Waals surface area contributed by atoms with E-state index in [1.807, 2.05) is 0 Å². The molecule has 0 spiro atoms. The third-order valence-electron chi connectivity index (χ3n) is 1.75. The Morgan fingerprint density at radius 3 is 2.43 bits per heavy atom. The highest BCUT2D eigenvalue weighted by atomic mass is 32.2. The first kappa shape index (κ1) is 13.3. The van der Waals surface area contributed by atoms with Crippen LogP contribution in [-0.2, 0) is 14.3 Å². The van der Waals surface area contributed by atoms with Crippen LogP contribution in [0.1, 0.15) is 26.2 Å². The molecule has 6 nitrogen and oxygen atoms in total. The van der Waals surface area contributed by atoms with E-state index in [2.05, 4.69) is 4.18 Å². The molecule has 1 unspecified atom stereocenters. The first-order valence-corrected chi connectivity index (χ1v) is 6.16. The van der Waals surface area contributed by atoms with E-state index in [1.165, 1.54) is 0 Å². The van der Waals surface area contributed by atoms with Crippen molar-refractivity contribution < 1.29 is 17.5 Å². The second-order valence-corrected chi connectivity index (χ2v) is 4.66. The van der Waals surface area contributed by atoms with Crippen LogP contribution in [-0.4, -0.2) is 32.2 Å². The van der Waals surface area contributed by atoms with Gasteiger partial charge in [0.2, 0.25) is 6.04 Å². The summed E-state index contributed by atoms with van der Waals surface area (Å²) in [6.07, 6.45) is 2.13. The molecule has 0 rings (SSSR count). The van der Waals surface area contributed by atoms with Crippen molar-refractivity contribution in [1.29, 1.82) is 0 Å². The average Bonchev–Trinajstić information content (AvgIpc) is 2.01. The maximum absolute atomic E-state index is 10.5. The van der Waals surface area contributed by atoms with Crippen molar-refractivity contribution >= 4 is 10.1 Å². The van der Waals surface area contributed by atoms with Crippen molar-refractivity contribution in [2.75, 3.05) is 12.9 Å². The van der Waals surface area contributed by atoms with Crippen LogP contribution in [0.2, 0.25) is 0 Å². The molecule has 0 aliphatic heterocycles. The van der Waals surface area contributed by atoms with E-state index >= 15 is 0 Å². The SMILES string of the molecule is CCC(CCCOS(C)(=O)=O)[N+](=O)[O-]. The van der Waals surface area contributed by atoms with E-state index in [4.69, 9.17) is 0 Å². The van der Waals surface area contributed by atoms with Gasteiger partial charge in [0.15, 0.2) is 0 Å². The van der Waals surface area contributed by atoms with Gasteiger partial charge in [-0.25, -0.2) is 0 Å². The minimum Gasteiger partial charge on any atom is -0.270 e. The van der Waals surface area contributed by atoms with Crippen LogP contribution in [0, 0.1) is 10.1 Å². The summed E-state index contributed by atoms with van der Waals surface area (Å²) in [6.45, 7) is 1.74. The molecule has 0 heterocycles. The van der Waals surface area contributed by atoms with Gasteiger partial charge in [-0.05, 0) is 6.42 Å². The minimum atomic E-state index is -3.42. The Bertz CT molecular complexity index is 274. The van der Waals surface area contributed by atoms with Crippen LogP contribution in [0.3, 0.4) is 0 Å². The smallest absolute Gasteiger partial charge is 0.264 e. The molecule has 14 heavy (non-hydrogen) atoms. The van der Waals surface area contributed by atoms with Gasteiger partial charge in [-0.1, -0.05) is 6.92 Å². The lowest BCUT2D eigenvalue weighted by Crippen LogP contribution is -2.19. The van der Waals surface area contributed by atoms with Crippen LogP contribution in [0.5, 0.6) is 0 Å². The molecular weight excluding hydrogens is 210 g/mol. The third kappa shape index (κ3) is 6.79. The molecule has 0 N–H and O–H groups in total. The molecule has 0 aromatic heterocycles. The number of nitro groups is 1. The van der Waals surface area contributed by atoms with E-state index < -0.39 is 16.2 Å². The predicted octanol–water partition coefficient (Wildman–Crippen LogP) is 0.798. The summed E-state index contributed by atoms with van der Waals surface area (Å²) in [6, 6.07) is -0.599. The Morgan fingerprint density at radius 2 is 2.07 bits per heavy atom. The van der Waals surface area contributed by atoms with Gasteiger partial charge < -0.3 is 0 Å². The maximum Gasteiger partial charge on any atom is 0.264 e. The molecule has 7 heteroatoms. The molecule has 0 aromatic rings. The lowest BCUT2D eigenvalue weighted by molar-refractivity contribution is -0.523. The van der Waals surface area contributed by atoms with Crippen molar-refractivity contribution in [2.24, 2.45) is 0 Å². The Hall–Kier alpha value is -0.690. The van der Waals surface area contributed by atoms with Gasteiger partial charge in [-0.2, -0.15) is 8.42 Å². The molecule has 0 bridgehead atoms. The summed E-state index contributed by atoms with van der Waals surface area (Å²) < 4.78 is 25.5. The zero-order chi connectivity index (χ0) is 11.2. The van der Waals surface area contributed by atoms with Crippen LogP contribution in [0.4, 0.5) is 0 Å². The van der Waals surface area contributed by atoms with Gasteiger partial charge in [0.05, 0.1) is 12.9 Å². The van der Waals surface area contributed by atoms with Crippen molar-refractivity contribution in [3.8, 4) is 0 Å². The highest BCUT2D eigenvalue weighted by molar-refractivity contribution is 7.85. The summed E-state index contributed by atoms with van der Waals surface area (Å²) in [4.78, 5) is 10.0. The normalized spacial score (nSPS) is 13.9. The molecule has 84 valence electrons. The Kier molecular flexibility index (Phi) is 5.63. The highest BCUT2D eigenvalue weighted by Gasteiger charge is 2.16. The van der Waals surface area contributed by atoms with E-state index in [0.717, 1.165) is 6.26 Å². The van der Waals surface area contributed by atoms with Gasteiger partial charge in [-0.15, -0.1) is 0 Å². The van der Waals surface area contributed by atoms with E-state index in [1.54, 1.807) is 6.92 Å². The average molecular weight is 225 g/mol. The van der Waals surface area contributed by atoms with Crippen LogP contribution < -0.4 is 0 Å². The molecular formula is C7H15NO5S. The van der Waals surface area contributed by atoms with Crippen molar-refractivity contribution in [2.45, 2.75) is 32.2 Å². The second-order valence-electron chi connectivity index (χ2n) is 3.02. The maximum atomic E-state index is 10.5. The molecule has 0 saturated carbocycles. The Balaban J connectivity index is 3.68. The summed E-state index contributed by atoms with van der Waals surface area (Å²) in [5.41, 5.74) is 0. The lowest BCUT2D eigenvalue weighted by atomic mass is 10.1. The van der Waals surface area contributed by atoms with Gasteiger partial charge >= 0.3 is 0 Å². The number of rotatable bonds is 7. The monoisotopic (exact) mass is 225 g/mol. The number of hydrogen-bond acceptors (Lipinski definition) is 5. The fourth-order valence-electron chi connectivity index (χ4n) is 0.988. The summed E-state index contributed by atoms with van der Waals surface area (Å²) in [5.74, 6) is 0. The minimum absolute atomic E-state index is 0.0170. The van der Waals surface area contributed by atoms with Gasteiger partial charge in [-0.3, -0.25) is 14.3 Å². The highest BCUT2D eigenvalue weighted by Crippen LogP contribution is 2.06. The lowest BCUT2D eigenvalue weighted by Gasteiger charge is -2.05. The van der Waals surface area contributed by atoms with E-state index in [-0.39, 0.29) is 11.5 Å². The summed E-state index contributed by atoms with van der Waals surface area (Å²) in [7, 11) is -3.42.